The van der Waals surface area contributed by atoms with Crippen molar-refractivity contribution < 1.29 is 4.79 Å². The van der Waals surface area contributed by atoms with Gasteiger partial charge in [0, 0.05) is 51.7 Å². The zero-order valence-electron chi connectivity index (χ0n) is 12.3. The van der Waals surface area contributed by atoms with E-state index in [1.165, 1.54) is 11.1 Å². The fourth-order valence-corrected chi connectivity index (χ4v) is 3.00. The van der Waals surface area contributed by atoms with E-state index in [0.717, 1.165) is 51.3 Å². The predicted molar refractivity (Wildman–Crippen MR) is 77.7 cm³/mol. The fourth-order valence-electron chi connectivity index (χ4n) is 3.00. The van der Waals surface area contributed by atoms with Gasteiger partial charge in [0.05, 0.1) is 5.56 Å². The molecule has 2 aliphatic heterocycles. The number of piperazine rings is 1. The topological polar surface area (TPSA) is 39.7 Å². The molecule has 0 N–H and O–H groups in total. The maximum Gasteiger partial charge on any atom is 0.255 e. The Hall–Kier alpha value is -1.46. The van der Waals surface area contributed by atoms with Crippen LogP contribution in [0.4, 0.5) is 0 Å². The molecule has 0 aromatic carbocycles. The van der Waals surface area contributed by atoms with Gasteiger partial charge in [0.1, 0.15) is 0 Å². The molecule has 1 fully saturated rings. The summed E-state index contributed by atoms with van der Waals surface area (Å²) in [6, 6.07) is 0. The van der Waals surface area contributed by atoms with Crippen LogP contribution in [0.2, 0.25) is 0 Å². The van der Waals surface area contributed by atoms with Gasteiger partial charge in [-0.1, -0.05) is 0 Å². The van der Waals surface area contributed by atoms with Crippen LogP contribution in [0.5, 0.6) is 0 Å². The first-order valence-electron chi connectivity index (χ1n) is 7.27. The number of likely N-dealkylation sites (N-methyl/N-ethyl adjacent to an activating group) is 2. The molecule has 1 amide bonds. The maximum absolute atomic E-state index is 12.7. The van der Waals surface area contributed by atoms with Crippen molar-refractivity contribution in [1.82, 2.24) is 19.7 Å². The zero-order chi connectivity index (χ0) is 14.1. The van der Waals surface area contributed by atoms with Crippen molar-refractivity contribution >= 4 is 5.91 Å². The van der Waals surface area contributed by atoms with Crippen molar-refractivity contribution in [1.29, 1.82) is 0 Å². The average Bonchev–Trinajstić information content (AvgIpc) is 2.46. The van der Waals surface area contributed by atoms with Crippen molar-refractivity contribution in [2.24, 2.45) is 0 Å². The lowest BCUT2D eigenvalue weighted by molar-refractivity contribution is 0.0661. The molecule has 5 heteroatoms. The SMILES string of the molecule is CN1CCN(C(=O)c2cncc3c2CCN(C)C3)CC1. The van der Waals surface area contributed by atoms with Crippen molar-refractivity contribution in [2.45, 2.75) is 13.0 Å². The fraction of sp³-hybridized carbons (Fsp3) is 0.600. The molecular formula is C15H22N4O. The Bertz CT molecular complexity index is 509. The second-order valence-corrected chi connectivity index (χ2v) is 5.91. The minimum absolute atomic E-state index is 0.159. The van der Waals surface area contributed by atoms with E-state index in [-0.39, 0.29) is 5.91 Å². The summed E-state index contributed by atoms with van der Waals surface area (Å²) in [7, 11) is 4.21. The first-order chi connectivity index (χ1) is 9.65. The number of nitrogens with zero attached hydrogens (tertiary/aromatic N) is 4. The molecule has 0 aliphatic carbocycles. The van der Waals surface area contributed by atoms with Crippen LogP contribution in [0.25, 0.3) is 0 Å². The van der Waals surface area contributed by atoms with Gasteiger partial charge >= 0.3 is 0 Å². The van der Waals surface area contributed by atoms with Crippen LogP contribution in [0.1, 0.15) is 21.5 Å². The molecule has 108 valence electrons. The second kappa shape index (κ2) is 5.50. The summed E-state index contributed by atoms with van der Waals surface area (Å²) >= 11 is 0. The zero-order valence-corrected chi connectivity index (χ0v) is 12.3. The highest BCUT2D eigenvalue weighted by Crippen LogP contribution is 2.22. The van der Waals surface area contributed by atoms with Crippen LogP contribution in [0.3, 0.4) is 0 Å². The van der Waals surface area contributed by atoms with Crippen LogP contribution < -0.4 is 0 Å². The van der Waals surface area contributed by atoms with E-state index in [0.29, 0.717) is 0 Å². The molecule has 1 aromatic heterocycles. The molecule has 2 aliphatic rings. The summed E-state index contributed by atoms with van der Waals surface area (Å²) in [6.45, 7) is 5.46. The highest BCUT2D eigenvalue weighted by Gasteiger charge is 2.25. The molecule has 3 heterocycles. The lowest BCUT2D eigenvalue weighted by Crippen LogP contribution is -2.47. The van der Waals surface area contributed by atoms with Gasteiger partial charge in [-0.3, -0.25) is 9.78 Å². The maximum atomic E-state index is 12.7. The summed E-state index contributed by atoms with van der Waals surface area (Å²) in [6.07, 6.45) is 4.61. The highest BCUT2D eigenvalue weighted by atomic mass is 16.2. The van der Waals surface area contributed by atoms with E-state index in [2.05, 4.69) is 28.9 Å². The minimum Gasteiger partial charge on any atom is -0.336 e. The van der Waals surface area contributed by atoms with Crippen LogP contribution in [0, 0.1) is 0 Å². The molecule has 0 spiro atoms. The number of rotatable bonds is 1. The number of aromatic nitrogens is 1. The minimum atomic E-state index is 0.159. The Morgan fingerprint density at radius 2 is 1.80 bits per heavy atom. The Balaban J connectivity index is 1.83. The Morgan fingerprint density at radius 3 is 2.55 bits per heavy atom. The van der Waals surface area contributed by atoms with E-state index in [1.54, 1.807) is 6.20 Å². The molecule has 1 aromatic rings. The van der Waals surface area contributed by atoms with E-state index in [9.17, 15) is 4.79 Å². The van der Waals surface area contributed by atoms with E-state index >= 15 is 0 Å². The Labute approximate surface area is 120 Å². The van der Waals surface area contributed by atoms with Crippen LogP contribution in [0.15, 0.2) is 12.4 Å². The summed E-state index contributed by atoms with van der Waals surface area (Å²) in [5, 5.41) is 0. The van der Waals surface area contributed by atoms with Gasteiger partial charge < -0.3 is 14.7 Å². The molecule has 5 nitrogen and oxygen atoms in total. The predicted octanol–water partition coefficient (Wildman–Crippen LogP) is 0.457. The lowest BCUT2D eigenvalue weighted by Gasteiger charge is -2.33. The highest BCUT2D eigenvalue weighted by molar-refractivity contribution is 5.95. The summed E-state index contributed by atoms with van der Waals surface area (Å²) in [4.78, 5) is 23.5. The van der Waals surface area contributed by atoms with E-state index in [1.807, 2.05) is 11.1 Å². The second-order valence-electron chi connectivity index (χ2n) is 5.91. The van der Waals surface area contributed by atoms with Crippen LogP contribution in [-0.2, 0) is 13.0 Å². The molecule has 0 atom stereocenters. The number of carbonyl (C=O) groups is 1. The molecule has 0 unspecified atom stereocenters. The molecule has 20 heavy (non-hydrogen) atoms. The van der Waals surface area contributed by atoms with Crippen molar-refractivity contribution in [2.75, 3.05) is 46.8 Å². The summed E-state index contributed by atoms with van der Waals surface area (Å²) in [5.41, 5.74) is 3.24. The molecule has 0 saturated carbocycles. The van der Waals surface area contributed by atoms with Gasteiger partial charge in [-0.2, -0.15) is 0 Å². The third-order valence-electron chi connectivity index (χ3n) is 4.35. The van der Waals surface area contributed by atoms with Gasteiger partial charge in [-0.05, 0) is 31.6 Å². The van der Waals surface area contributed by atoms with Gasteiger partial charge in [-0.25, -0.2) is 0 Å². The third-order valence-corrected chi connectivity index (χ3v) is 4.35. The molecule has 0 bridgehead atoms. The number of amides is 1. The number of pyridine rings is 1. The Morgan fingerprint density at radius 1 is 1.05 bits per heavy atom. The third kappa shape index (κ3) is 2.55. The lowest BCUT2D eigenvalue weighted by atomic mass is 9.96. The first-order valence-corrected chi connectivity index (χ1v) is 7.27. The van der Waals surface area contributed by atoms with Crippen molar-refractivity contribution in [3.05, 3.63) is 29.1 Å². The van der Waals surface area contributed by atoms with Crippen LogP contribution in [-0.4, -0.2) is 72.4 Å². The summed E-state index contributed by atoms with van der Waals surface area (Å²) in [5.74, 6) is 0.159. The quantitative estimate of drug-likeness (QED) is 0.746. The Kier molecular flexibility index (Phi) is 3.72. The normalized spacial score (nSPS) is 20.8. The number of fused-ring (bicyclic) bond motifs is 1. The summed E-state index contributed by atoms with van der Waals surface area (Å²) < 4.78 is 0. The average molecular weight is 274 g/mol. The smallest absolute Gasteiger partial charge is 0.255 e. The molecule has 3 rings (SSSR count). The van der Waals surface area contributed by atoms with E-state index < -0.39 is 0 Å². The van der Waals surface area contributed by atoms with Gasteiger partial charge in [-0.15, -0.1) is 0 Å². The molecule has 0 radical (unpaired) electrons. The van der Waals surface area contributed by atoms with Crippen LogP contribution >= 0.6 is 0 Å². The number of carbonyl (C=O) groups excluding carboxylic acids is 1. The number of hydrogen-bond donors (Lipinski definition) is 0. The van der Waals surface area contributed by atoms with E-state index in [4.69, 9.17) is 0 Å². The van der Waals surface area contributed by atoms with Crippen molar-refractivity contribution in [3.8, 4) is 0 Å². The standard InChI is InChI=1S/C15H22N4O/c1-17-5-7-19(8-6-17)15(20)14-10-16-9-12-11-18(2)4-3-13(12)14/h9-10H,3-8,11H2,1-2H3. The van der Waals surface area contributed by atoms with Gasteiger partial charge in [0.15, 0.2) is 0 Å². The monoisotopic (exact) mass is 274 g/mol. The van der Waals surface area contributed by atoms with Crippen molar-refractivity contribution in [3.63, 3.8) is 0 Å². The van der Waals surface area contributed by atoms with Gasteiger partial charge in [0.25, 0.3) is 5.91 Å². The van der Waals surface area contributed by atoms with Gasteiger partial charge in [0.2, 0.25) is 0 Å². The molecule has 1 saturated heterocycles. The molecular weight excluding hydrogens is 252 g/mol. The largest absolute Gasteiger partial charge is 0.336 e. The number of hydrogen-bond acceptors (Lipinski definition) is 4. The first kappa shape index (κ1) is 13.5.